The number of fused-ring (bicyclic) bond motifs is 3. The van der Waals surface area contributed by atoms with Gasteiger partial charge in [-0.25, -0.2) is 12.1 Å². The Morgan fingerprint density at radius 3 is 1.85 bits per heavy atom. The zero-order chi connectivity index (χ0) is 33.0. The van der Waals surface area contributed by atoms with Gasteiger partial charge in [-0.15, -0.1) is 11.1 Å². The molecule has 0 aromatic heterocycles. The van der Waals surface area contributed by atoms with Gasteiger partial charge in [0.05, 0.1) is 0 Å². The third-order valence-corrected chi connectivity index (χ3v) is 8.79. The second-order valence-corrected chi connectivity index (χ2v) is 14.2. The van der Waals surface area contributed by atoms with Crippen molar-refractivity contribution in [2.45, 2.75) is 71.9 Å². The first-order valence-electron chi connectivity index (χ1n) is 15.2. The van der Waals surface area contributed by atoms with Crippen LogP contribution in [0.15, 0.2) is 103 Å². The molecule has 0 heterocycles. The molecule has 0 aliphatic heterocycles. The van der Waals surface area contributed by atoms with E-state index >= 15 is 0 Å². The molecule has 0 spiro atoms. The van der Waals surface area contributed by atoms with Gasteiger partial charge in [-0.3, -0.25) is 0 Å². The fourth-order valence-corrected chi connectivity index (χ4v) is 5.79. The second-order valence-electron chi connectivity index (χ2n) is 13.5. The van der Waals surface area contributed by atoms with Gasteiger partial charge in [-0.1, -0.05) is 65.3 Å². The van der Waals surface area contributed by atoms with E-state index in [0.717, 1.165) is 36.2 Å². The van der Waals surface area contributed by atoms with E-state index in [2.05, 4.69) is 77.9 Å². The van der Waals surface area contributed by atoms with Crippen molar-refractivity contribution in [2.24, 2.45) is 0 Å². The van der Waals surface area contributed by atoms with Gasteiger partial charge in [0.2, 0.25) is 0 Å². The van der Waals surface area contributed by atoms with E-state index in [1.54, 1.807) is 28.0 Å². The summed E-state index contributed by atoms with van der Waals surface area (Å²) in [6.07, 6.45) is -3.31. The predicted octanol–water partition coefficient (Wildman–Crippen LogP) is 5.44. The molecular weight excluding hydrogens is 712 g/mol. The summed E-state index contributed by atoms with van der Waals surface area (Å²) in [6.45, 7) is 15.4. The van der Waals surface area contributed by atoms with E-state index in [9.17, 15) is 13.2 Å². The quantitative estimate of drug-likeness (QED) is 0.207. The minimum Gasteiger partial charge on any atom is -1.00 e. The molecule has 0 bridgehead atoms. The Kier molecular flexibility index (Phi) is 14.4. The monoisotopic (exact) mass is 750 g/mol. The maximum atomic E-state index is 13.2. The normalized spacial score (nSPS) is 11.7. The molecule has 0 amide bonds. The zero-order valence-corrected chi connectivity index (χ0v) is 32.0. The molecule has 47 heavy (non-hydrogen) atoms. The van der Waals surface area contributed by atoms with Gasteiger partial charge in [0.15, 0.2) is 0 Å². The molecule has 0 nitrogen and oxygen atoms in total. The van der Waals surface area contributed by atoms with Crippen molar-refractivity contribution in [3.8, 4) is 22.3 Å². The Labute approximate surface area is 306 Å². The SMILES string of the molecule is CC(C)(C)c1[c-]c2c(cc1)-c1ccc(C(C)(C)C)cc1C2.Cc1ccccc1-c1ccc([CH]=[Zr+2])cc1C(F)(F)F.[Cl-].[Cl-].c1cc[cH-]c1. The fourth-order valence-electron chi connectivity index (χ4n) is 5.34. The van der Waals surface area contributed by atoms with Crippen molar-refractivity contribution >= 4 is 3.71 Å². The Morgan fingerprint density at radius 2 is 1.32 bits per heavy atom. The van der Waals surface area contributed by atoms with Crippen molar-refractivity contribution in [1.82, 2.24) is 0 Å². The first-order chi connectivity index (χ1) is 21.1. The smallest absolute Gasteiger partial charge is 0.172 e. The van der Waals surface area contributed by atoms with Crippen LogP contribution in [0.5, 0.6) is 0 Å². The first-order valence-corrected chi connectivity index (χ1v) is 16.7. The number of hydrogen-bond acceptors (Lipinski definition) is 0. The van der Waals surface area contributed by atoms with Gasteiger partial charge in [-0.05, 0) is 28.4 Å². The number of benzene rings is 4. The summed E-state index contributed by atoms with van der Waals surface area (Å²) < 4.78 is 41.3. The number of aryl methyl sites for hydroxylation is 1. The molecular formula is C41H41Cl2F3Zr-2. The van der Waals surface area contributed by atoms with E-state index in [1.165, 1.54) is 39.4 Å². The summed E-state index contributed by atoms with van der Waals surface area (Å²) in [6, 6.07) is 36.8. The number of halogens is 5. The van der Waals surface area contributed by atoms with Crippen LogP contribution in [-0.2, 0) is 47.7 Å². The van der Waals surface area contributed by atoms with Crippen molar-refractivity contribution < 1.29 is 62.2 Å². The molecule has 1 aliphatic rings. The van der Waals surface area contributed by atoms with Gasteiger partial charge in [-0.2, -0.15) is 42.0 Å². The molecule has 5 aromatic carbocycles. The van der Waals surface area contributed by atoms with Crippen LogP contribution in [0.2, 0.25) is 0 Å². The van der Waals surface area contributed by atoms with E-state index in [-0.39, 0.29) is 41.2 Å². The van der Waals surface area contributed by atoms with Gasteiger partial charge in [0.25, 0.3) is 0 Å². The van der Waals surface area contributed by atoms with Crippen LogP contribution in [-0.4, -0.2) is 3.71 Å². The maximum Gasteiger partial charge on any atom is -0.172 e. The molecule has 0 radical (unpaired) electrons. The fraction of sp³-hybridized carbons (Fsp3) is 0.268. The molecule has 0 unspecified atom stereocenters. The summed E-state index contributed by atoms with van der Waals surface area (Å²) in [4.78, 5) is 0. The maximum absolute atomic E-state index is 13.2. The summed E-state index contributed by atoms with van der Waals surface area (Å²) in [7, 11) is 0. The third-order valence-electron chi connectivity index (χ3n) is 7.97. The van der Waals surface area contributed by atoms with Crippen LogP contribution in [0.1, 0.15) is 80.5 Å². The van der Waals surface area contributed by atoms with Crippen LogP contribution in [0.3, 0.4) is 0 Å². The third kappa shape index (κ3) is 10.4. The Morgan fingerprint density at radius 1 is 0.702 bits per heavy atom. The topological polar surface area (TPSA) is 0 Å². The average Bonchev–Trinajstić information content (AvgIpc) is 3.67. The minimum absolute atomic E-state index is 0. The molecule has 0 atom stereocenters. The molecule has 0 N–H and O–H groups in total. The number of rotatable bonds is 2. The van der Waals surface area contributed by atoms with E-state index in [1.807, 2.05) is 49.4 Å². The number of hydrogen-bond donors (Lipinski definition) is 0. The summed E-state index contributed by atoms with van der Waals surface area (Å²) in [5.41, 5.74) is 10.5. The van der Waals surface area contributed by atoms with Crippen molar-refractivity contribution in [3.63, 3.8) is 0 Å². The van der Waals surface area contributed by atoms with Gasteiger partial charge in [0.1, 0.15) is 0 Å². The summed E-state index contributed by atoms with van der Waals surface area (Å²) >= 11 is 1.08. The van der Waals surface area contributed by atoms with Gasteiger partial charge < -0.3 is 24.8 Å². The first kappa shape index (κ1) is 40.5. The minimum atomic E-state index is -4.34. The van der Waals surface area contributed by atoms with Crippen LogP contribution in [0, 0.1) is 13.0 Å². The van der Waals surface area contributed by atoms with Crippen molar-refractivity contribution in [3.05, 3.63) is 148 Å². The van der Waals surface area contributed by atoms with Gasteiger partial charge >= 0.3 is 124 Å². The van der Waals surface area contributed by atoms with Crippen LogP contribution >= 0.6 is 0 Å². The largest absolute Gasteiger partial charge is 1.00 e. The van der Waals surface area contributed by atoms with Crippen molar-refractivity contribution in [2.75, 3.05) is 0 Å². The van der Waals surface area contributed by atoms with E-state index in [0.29, 0.717) is 11.1 Å². The van der Waals surface area contributed by atoms with Crippen LogP contribution in [0.25, 0.3) is 22.3 Å². The van der Waals surface area contributed by atoms with Gasteiger partial charge in [0, 0.05) is 0 Å². The Bertz CT molecular complexity index is 1680. The van der Waals surface area contributed by atoms with E-state index in [4.69, 9.17) is 0 Å². The Hall–Kier alpha value is -2.65. The molecule has 6 rings (SSSR count). The predicted molar refractivity (Wildman–Crippen MR) is 180 cm³/mol. The molecule has 0 saturated carbocycles. The molecule has 1 aliphatic carbocycles. The number of alkyl halides is 3. The molecule has 0 fully saturated rings. The zero-order valence-electron chi connectivity index (χ0n) is 28.0. The molecule has 6 heteroatoms. The Balaban J connectivity index is 0.000000275. The van der Waals surface area contributed by atoms with Crippen LogP contribution < -0.4 is 24.8 Å². The van der Waals surface area contributed by atoms with Crippen LogP contribution in [0.4, 0.5) is 13.2 Å². The van der Waals surface area contributed by atoms with E-state index < -0.39 is 11.7 Å². The second kappa shape index (κ2) is 16.6. The summed E-state index contributed by atoms with van der Waals surface area (Å²) in [5.74, 6) is 0. The molecule has 0 saturated heterocycles. The molecule has 246 valence electrons. The molecule has 5 aromatic rings. The average molecular weight is 753 g/mol. The van der Waals surface area contributed by atoms with Crippen molar-refractivity contribution in [1.29, 1.82) is 0 Å². The standard InChI is InChI=1S/C21H25.C15H11F3.C5H5.2ClH.Zr/c1-20(2,3)16-7-9-18-14(12-16)11-15-13-17(21(4,5)6)8-10-19(15)18;1-10-7-8-13(14(9-10)15(16,17)18)12-6-4-3-5-11(12)2;1-2-4-5-3-1;;;/h7-10,12H,11H2,1-6H3;1,3-9H,2H3;1-5H;2*1H;/q-1;;-1;;;+2/p-2. The summed E-state index contributed by atoms with van der Waals surface area (Å²) in [5, 5.41) is 0.